The van der Waals surface area contributed by atoms with E-state index in [2.05, 4.69) is 39.4 Å². The molecule has 6 heteroatoms. The SMILES string of the molecule is O=C(NCCN1CCN(Cc2ccccc2)CC1)c1cc(F)ccc1F. The molecule has 1 aliphatic heterocycles. The van der Waals surface area contributed by atoms with Crippen molar-refractivity contribution < 1.29 is 13.6 Å². The van der Waals surface area contributed by atoms with Crippen LogP contribution in [0.25, 0.3) is 0 Å². The smallest absolute Gasteiger partial charge is 0.254 e. The van der Waals surface area contributed by atoms with Crippen molar-refractivity contribution in [1.29, 1.82) is 0 Å². The Morgan fingerprint density at radius 1 is 0.962 bits per heavy atom. The minimum Gasteiger partial charge on any atom is -0.351 e. The van der Waals surface area contributed by atoms with Crippen molar-refractivity contribution in [2.24, 2.45) is 0 Å². The van der Waals surface area contributed by atoms with E-state index in [1.807, 2.05) is 6.07 Å². The van der Waals surface area contributed by atoms with Crippen LogP contribution < -0.4 is 5.32 Å². The molecule has 1 amide bonds. The van der Waals surface area contributed by atoms with E-state index in [-0.39, 0.29) is 5.56 Å². The lowest BCUT2D eigenvalue weighted by Crippen LogP contribution is -2.48. The number of carbonyl (C=O) groups is 1. The molecular weight excluding hydrogens is 336 g/mol. The summed E-state index contributed by atoms with van der Waals surface area (Å²) in [6, 6.07) is 13.3. The Kier molecular flexibility index (Phi) is 6.30. The van der Waals surface area contributed by atoms with Gasteiger partial charge in [-0.15, -0.1) is 0 Å². The fourth-order valence-electron chi connectivity index (χ4n) is 3.11. The van der Waals surface area contributed by atoms with E-state index in [1.165, 1.54) is 5.56 Å². The molecule has 0 saturated carbocycles. The van der Waals surface area contributed by atoms with Gasteiger partial charge < -0.3 is 5.32 Å². The highest BCUT2D eigenvalue weighted by atomic mass is 19.1. The van der Waals surface area contributed by atoms with Crippen LogP contribution in [0.5, 0.6) is 0 Å². The Balaban J connectivity index is 1.39. The first-order valence-electron chi connectivity index (χ1n) is 8.84. The minimum absolute atomic E-state index is 0.252. The van der Waals surface area contributed by atoms with Crippen LogP contribution >= 0.6 is 0 Å². The molecule has 1 heterocycles. The van der Waals surface area contributed by atoms with E-state index in [0.29, 0.717) is 13.1 Å². The zero-order valence-electron chi connectivity index (χ0n) is 14.6. The summed E-state index contributed by atoms with van der Waals surface area (Å²) in [5.74, 6) is -1.91. The number of nitrogens with zero attached hydrogens (tertiary/aromatic N) is 2. The molecule has 0 aliphatic carbocycles. The Morgan fingerprint density at radius 3 is 2.38 bits per heavy atom. The van der Waals surface area contributed by atoms with Crippen LogP contribution in [0, 0.1) is 11.6 Å². The molecule has 0 aromatic heterocycles. The predicted molar refractivity (Wildman–Crippen MR) is 96.9 cm³/mol. The van der Waals surface area contributed by atoms with Crippen molar-refractivity contribution in [3.05, 3.63) is 71.3 Å². The third-order valence-electron chi connectivity index (χ3n) is 4.60. The van der Waals surface area contributed by atoms with Crippen LogP contribution in [0.4, 0.5) is 8.78 Å². The summed E-state index contributed by atoms with van der Waals surface area (Å²) in [4.78, 5) is 16.6. The van der Waals surface area contributed by atoms with E-state index in [0.717, 1.165) is 50.9 Å². The molecule has 2 aromatic rings. The molecule has 1 fully saturated rings. The van der Waals surface area contributed by atoms with Gasteiger partial charge in [-0.1, -0.05) is 30.3 Å². The maximum atomic E-state index is 13.6. The van der Waals surface area contributed by atoms with Crippen LogP contribution in [0.3, 0.4) is 0 Å². The largest absolute Gasteiger partial charge is 0.351 e. The molecule has 0 atom stereocenters. The number of hydrogen-bond donors (Lipinski definition) is 1. The first-order valence-corrected chi connectivity index (χ1v) is 8.84. The molecular formula is C20H23F2N3O. The lowest BCUT2D eigenvalue weighted by molar-refractivity contribution is 0.0929. The minimum atomic E-state index is -0.710. The van der Waals surface area contributed by atoms with E-state index in [1.54, 1.807) is 0 Å². The van der Waals surface area contributed by atoms with Gasteiger partial charge in [-0.25, -0.2) is 8.78 Å². The van der Waals surface area contributed by atoms with Crippen molar-refractivity contribution in [2.45, 2.75) is 6.54 Å². The average molecular weight is 359 g/mol. The van der Waals surface area contributed by atoms with Crippen LogP contribution in [-0.4, -0.2) is 55.0 Å². The molecule has 26 heavy (non-hydrogen) atoms. The number of rotatable bonds is 6. The van der Waals surface area contributed by atoms with Gasteiger partial charge in [0, 0.05) is 45.8 Å². The molecule has 3 rings (SSSR count). The van der Waals surface area contributed by atoms with Crippen molar-refractivity contribution >= 4 is 5.91 Å². The monoisotopic (exact) mass is 359 g/mol. The van der Waals surface area contributed by atoms with Crippen molar-refractivity contribution in [2.75, 3.05) is 39.3 Å². The first kappa shape index (κ1) is 18.5. The van der Waals surface area contributed by atoms with Crippen LogP contribution in [0.1, 0.15) is 15.9 Å². The zero-order valence-corrected chi connectivity index (χ0v) is 14.6. The number of amides is 1. The molecule has 4 nitrogen and oxygen atoms in total. The Hall–Kier alpha value is -2.31. The van der Waals surface area contributed by atoms with Gasteiger partial charge in [-0.3, -0.25) is 14.6 Å². The van der Waals surface area contributed by atoms with Crippen molar-refractivity contribution in [3.8, 4) is 0 Å². The third-order valence-corrected chi connectivity index (χ3v) is 4.60. The number of halogens is 2. The lowest BCUT2D eigenvalue weighted by Gasteiger charge is -2.34. The van der Waals surface area contributed by atoms with Gasteiger partial charge in [0.15, 0.2) is 0 Å². The van der Waals surface area contributed by atoms with Gasteiger partial charge in [0.1, 0.15) is 11.6 Å². The van der Waals surface area contributed by atoms with Crippen LogP contribution in [0.15, 0.2) is 48.5 Å². The summed E-state index contributed by atoms with van der Waals surface area (Å²) >= 11 is 0. The number of nitrogens with one attached hydrogen (secondary N) is 1. The van der Waals surface area contributed by atoms with Crippen molar-refractivity contribution in [3.63, 3.8) is 0 Å². The Labute approximate surface area is 152 Å². The molecule has 138 valence electrons. The molecule has 0 bridgehead atoms. The normalized spacial score (nSPS) is 15.8. The number of benzene rings is 2. The topological polar surface area (TPSA) is 35.6 Å². The Morgan fingerprint density at radius 2 is 1.65 bits per heavy atom. The molecule has 2 aromatic carbocycles. The van der Waals surface area contributed by atoms with Gasteiger partial charge in [0.05, 0.1) is 5.56 Å². The quantitative estimate of drug-likeness (QED) is 0.861. The number of piperazine rings is 1. The zero-order chi connectivity index (χ0) is 18.4. The first-order chi connectivity index (χ1) is 12.6. The summed E-state index contributed by atoms with van der Waals surface area (Å²) in [7, 11) is 0. The standard InChI is InChI=1S/C20H23F2N3O/c21-17-6-7-19(22)18(14-17)20(26)23-8-9-24-10-12-25(13-11-24)15-16-4-2-1-3-5-16/h1-7,14H,8-13,15H2,(H,23,26). The molecule has 1 N–H and O–H groups in total. The summed E-state index contributed by atoms with van der Waals surface area (Å²) in [5.41, 5.74) is 1.06. The summed E-state index contributed by atoms with van der Waals surface area (Å²) in [6.07, 6.45) is 0. The van der Waals surface area contributed by atoms with E-state index in [9.17, 15) is 13.6 Å². The van der Waals surface area contributed by atoms with Gasteiger partial charge >= 0.3 is 0 Å². The van der Waals surface area contributed by atoms with Crippen LogP contribution in [0.2, 0.25) is 0 Å². The highest BCUT2D eigenvalue weighted by Gasteiger charge is 2.17. The van der Waals surface area contributed by atoms with Gasteiger partial charge in [-0.2, -0.15) is 0 Å². The van der Waals surface area contributed by atoms with Gasteiger partial charge in [0.2, 0.25) is 0 Å². The maximum Gasteiger partial charge on any atom is 0.254 e. The Bertz CT molecular complexity index is 731. The number of carbonyl (C=O) groups excluding carboxylic acids is 1. The van der Waals surface area contributed by atoms with Crippen molar-refractivity contribution in [1.82, 2.24) is 15.1 Å². The number of hydrogen-bond acceptors (Lipinski definition) is 3. The van der Waals surface area contributed by atoms with Gasteiger partial charge in [0.25, 0.3) is 5.91 Å². The summed E-state index contributed by atoms with van der Waals surface area (Å²) < 4.78 is 26.7. The maximum absolute atomic E-state index is 13.6. The van der Waals surface area contributed by atoms with Gasteiger partial charge in [-0.05, 0) is 23.8 Å². The second kappa shape index (κ2) is 8.87. The molecule has 0 radical (unpaired) electrons. The second-order valence-electron chi connectivity index (χ2n) is 6.48. The van der Waals surface area contributed by atoms with E-state index >= 15 is 0 Å². The molecule has 1 aliphatic rings. The highest BCUT2D eigenvalue weighted by molar-refractivity contribution is 5.94. The van der Waals surface area contributed by atoms with E-state index < -0.39 is 17.5 Å². The molecule has 0 spiro atoms. The molecule has 0 unspecified atom stereocenters. The summed E-state index contributed by atoms with van der Waals surface area (Å²) in [5, 5.41) is 2.66. The van der Waals surface area contributed by atoms with E-state index in [4.69, 9.17) is 0 Å². The second-order valence-corrected chi connectivity index (χ2v) is 6.48. The fraction of sp³-hybridized carbons (Fsp3) is 0.350. The average Bonchev–Trinajstić information content (AvgIpc) is 2.66. The molecule has 1 saturated heterocycles. The third kappa shape index (κ3) is 5.09. The highest BCUT2D eigenvalue weighted by Crippen LogP contribution is 2.10. The summed E-state index contributed by atoms with van der Waals surface area (Å²) in [6.45, 7) is 5.86. The lowest BCUT2D eigenvalue weighted by atomic mass is 10.2. The fourth-order valence-corrected chi connectivity index (χ4v) is 3.11. The van der Waals surface area contributed by atoms with Crippen LogP contribution in [-0.2, 0) is 6.54 Å². The predicted octanol–water partition coefficient (Wildman–Crippen LogP) is 2.51.